The Morgan fingerprint density at radius 1 is 1.04 bits per heavy atom. The molecule has 4 rings (SSSR count). The molecule has 0 saturated carbocycles. The first kappa shape index (κ1) is 38.0. The Kier molecular flexibility index (Phi) is 11.8. The Bertz CT molecular complexity index is 1180. The molecule has 2 bridgehead atoms. The van der Waals surface area contributed by atoms with Gasteiger partial charge in [-0.2, -0.15) is 0 Å². The van der Waals surface area contributed by atoms with Crippen LogP contribution in [0.15, 0.2) is 16.5 Å². The molecule has 15 atom stereocenters. The summed E-state index contributed by atoms with van der Waals surface area (Å²) in [4.78, 5) is 16.0. The highest BCUT2D eigenvalue weighted by molar-refractivity contribution is 5.89. The van der Waals surface area contributed by atoms with Crippen LogP contribution in [0.5, 0.6) is 0 Å². The number of oxime groups is 1. The molecular formula is C34H58N2O11. The van der Waals surface area contributed by atoms with E-state index in [0.29, 0.717) is 18.6 Å². The van der Waals surface area contributed by atoms with Crippen LogP contribution in [0, 0.1) is 17.8 Å². The summed E-state index contributed by atoms with van der Waals surface area (Å²) in [7, 11) is 5.37. The number of nitrogens with zero attached hydrogens (tertiary/aromatic N) is 2. The number of methoxy groups -OCH3 is 1. The average molecular weight is 671 g/mol. The minimum Gasteiger partial charge on any atom is -0.488 e. The Balaban J connectivity index is 1.80. The fourth-order valence-electron chi connectivity index (χ4n) is 8.00. The lowest BCUT2D eigenvalue weighted by Gasteiger charge is -2.48. The van der Waals surface area contributed by atoms with Gasteiger partial charge in [0.2, 0.25) is 0 Å². The molecule has 0 aromatic heterocycles. The highest BCUT2D eigenvalue weighted by Gasteiger charge is 2.55. The average Bonchev–Trinajstić information content (AvgIpc) is 3.33. The second kappa shape index (κ2) is 14.6. The van der Waals surface area contributed by atoms with Gasteiger partial charge in [0.05, 0.1) is 41.5 Å². The molecule has 13 nitrogen and oxygen atoms in total. The maximum Gasteiger partial charge on any atom is 0.311 e. The van der Waals surface area contributed by atoms with Crippen LogP contribution in [0.3, 0.4) is 0 Å². The predicted molar refractivity (Wildman–Crippen MR) is 172 cm³/mol. The van der Waals surface area contributed by atoms with E-state index in [-0.39, 0.29) is 24.3 Å². The third-order valence-corrected chi connectivity index (χ3v) is 10.9. The second-order valence-corrected chi connectivity index (χ2v) is 14.9. The van der Waals surface area contributed by atoms with Crippen LogP contribution in [0.2, 0.25) is 0 Å². The van der Waals surface area contributed by atoms with E-state index in [0.717, 1.165) is 5.57 Å². The number of esters is 1. The van der Waals surface area contributed by atoms with Crippen molar-refractivity contribution in [1.82, 2.24) is 4.90 Å². The van der Waals surface area contributed by atoms with Crippen LogP contribution in [-0.4, -0.2) is 126 Å². The van der Waals surface area contributed by atoms with E-state index in [1.54, 1.807) is 27.7 Å². The van der Waals surface area contributed by atoms with E-state index >= 15 is 0 Å². The third-order valence-electron chi connectivity index (χ3n) is 10.9. The van der Waals surface area contributed by atoms with Gasteiger partial charge in [0.15, 0.2) is 18.7 Å². The van der Waals surface area contributed by atoms with Gasteiger partial charge < -0.3 is 53.5 Å². The molecule has 3 saturated heterocycles. The second-order valence-electron chi connectivity index (χ2n) is 14.9. The summed E-state index contributed by atoms with van der Waals surface area (Å²) in [5.74, 6) is -1.80. The first-order chi connectivity index (χ1) is 21.9. The lowest BCUT2D eigenvalue weighted by atomic mass is 9.79. The lowest BCUT2D eigenvalue weighted by molar-refractivity contribution is -0.316. The van der Waals surface area contributed by atoms with Crippen LogP contribution in [0.1, 0.15) is 81.6 Å². The number of carbonyl (C=O) groups is 1. The maximum atomic E-state index is 14.0. The summed E-state index contributed by atoms with van der Waals surface area (Å²) in [6.45, 7) is 16.6. The predicted octanol–water partition coefficient (Wildman–Crippen LogP) is 3.22. The summed E-state index contributed by atoms with van der Waals surface area (Å²) in [5.41, 5.74) is -0.754. The van der Waals surface area contributed by atoms with Crippen LogP contribution in [-0.2, 0) is 38.0 Å². The van der Waals surface area contributed by atoms with Crippen LogP contribution in [0.25, 0.3) is 0 Å². The van der Waals surface area contributed by atoms with Gasteiger partial charge in [-0.1, -0.05) is 19.0 Å². The van der Waals surface area contributed by atoms with Crippen molar-refractivity contribution in [3.05, 3.63) is 11.3 Å². The van der Waals surface area contributed by atoms with Gasteiger partial charge in [-0.25, -0.2) is 0 Å². The molecular weight excluding hydrogens is 612 g/mol. The molecule has 5 unspecified atom stereocenters. The molecule has 13 heteroatoms. The summed E-state index contributed by atoms with van der Waals surface area (Å²) < 4.78 is 44.5. The fourth-order valence-corrected chi connectivity index (χ4v) is 8.00. The van der Waals surface area contributed by atoms with E-state index < -0.39 is 84.1 Å². The zero-order chi connectivity index (χ0) is 35.2. The van der Waals surface area contributed by atoms with Crippen molar-refractivity contribution >= 4 is 11.7 Å². The van der Waals surface area contributed by atoms with Gasteiger partial charge in [-0.3, -0.25) is 4.79 Å². The number of hydrogen-bond acceptors (Lipinski definition) is 13. The summed E-state index contributed by atoms with van der Waals surface area (Å²) in [6.07, 6.45) is -5.66. The molecule has 3 N–H and O–H groups in total. The number of carbonyl (C=O) groups excluding carboxylic acids is 1. The third kappa shape index (κ3) is 7.52. The summed E-state index contributed by atoms with van der Waals surface area (Å²) in [5, 5.41) is 35.5. The van der Waals surface area contributed by atoms with Gasteiger partial charge in [0.1, 0.15) is 29.7 Å². The number of rotatable bonds is 7. The molecule has 3 fully saturated rings. The number of aliphatic hydroxyl groups excluding tert-OH is 2. The van der Waals surface area contributed by atoms with Gasteiger partial charge in [-0.15, -0.1) is 0 Å². The van der Waals surface area contributed by atoms with Crippen molar-refractivity contribution in [1.29, 1.82) is 0 Å². The Labute approximate surface area is 279 Å². The summed E-state index contributed by atoms with van der Waals surface area (Å²) >= 11 is 0. The Hall–Kier alpha value is -1.84. The maximum absolute atomic E-state index is 14.0. The number of aliphatic hydroxyl groups is 2. The van der Waals surface area contributed by atoms with Crippen LogP contribution >= 0.6 is 0 Å². The van der Waals surface area contributed by atoms with Crippen LogP contribution < -0.4 is 0 Å². The standard InChI is InChI=1S/C34H58N2O11/c1-16-14-34(9)30(46-32-25(37)23(36(10)11)13-17(2)42-32)19(4)27(44-24-15-33(8,41-12)29(38)22(7)43-24)20(5)31(39)45-28(21(6)35-40)18(3)26(16)47-34/h17-20,22-25,27-30,32,37-38,40H,13-15H2,1-12H3/b35-21+/t17?,18-,19-,20+,22?,23?,24-,25?,27-,28+,29-,30+,32-,33?,34-/m0/s1. The Morgan fingerprint density at radius 2 is 1.70 bits per heavy atom. The van der Waals surface area contributed by atoms with Crippen molar-refractivity contribution < 1.29 is 53.4 Å². The molecule has 0 aliphatic carbocycles. The van der Waals surface area contributed by atoms with E-state index in [4.69, 9.17) is 33.2 Å². The van der Waals surface area contributed by atoms with Crippen molar-refractivity contribution in [2.75, 3.05) is 21.2 Å². The zero-order valence-corrected chi connectivity index (χ0v) is 30.1. The van der Waals surface area contributed by atoms with Gasteiger partial charge in [-0.05, 0) is 74.6 Å². The smallest absolute Gasteiger partial charge is 0.311 e. The molecule has 0 amide bonds. The quantitative estimate of drug-likeness (QED) is 0.158. The lowest BCUT2D eigenvalue weighted by Crippen LogP contribution is -2.60. The van der Waals surface area contributed by atoms with Gasteiger partial charge in [0, 0.05) is 31.9 Å². The molecule has 0 spiro atoms. The summed E-state index contributed by atoms with van der Waals surface area (Å²) in [6, 6.07) is -0.202. The minimum absolute atomic E-state index is 0.181. The number of likely N-dealkylation sites (N-methyl/N-ethyl adjacent to an activating group) is 1. The molecule has 4 heterocycles. The minimum atomic E-state index is -0.983. The number of hydrogen-bond donors (Lipinski definition) is 3. The van der Waals surface area contributed by atoms with E-state index in [2.05, 4.69) is 5.16 Å². The Morgan fingerprint density at radius 3 is 2.30 bits per heavy atom. The van der Waals surface area contributed by atoms with E-state index in [1.807, 2.05) is 53.6 Å². The number of cyclic esters (lactones) is 1. The normalized spacial score (nSPS) is 47.0. The first-order valence-corrected chi connectivity index (χ1v) is 16.8. The largest absolute Gasteiger partial charge is 0.488 e. The highest BCUT2D eigenvalue weighted by atomic mass is 16.7. The van der Waals surface area contributed by atoms with Crippen molar-refractivity contribution in [2.24, 2.45) is 22.9 Å². The highest BCUT2D eigenvalue weighted by Crippen LogP contribution is 2.47. The van der Waals surface area contributed by atoms with E-state index in [9.17, 15) is 20.2 Å². The topological polar surface area (TPSA) is 158 Å². The van der Waals surface area contributed by atoms with Crippen molar-refractivity contribution in [2.45, 2.75) is 154 Å². The number of ether oxygens (including phenoxy) is 7. The van der Waals surface area contributed by atoms with Crippen LogP contribution in [0.4, 0.5) is 0 Å². The molecule has 4 aliphatic heterocycles. The molecule has 270 valence electrons. The molecule has 0 aromatic rings. The van der Waals surface area contributed by atoms with Crippen molar-refractivity contribution in [3.63, 3.8) is 0 Å². The zero-order valence-electron chi connectivity index (χ0n) is 30.1. The van der Waals surface area contributed by atoms with Gasteiger partial charge in [0.25, 0.3) is 0 Å². The molecule has 0 radical (unpaired) electrons. The molecule has 4 aliphatic rings. The van der Waals surface area contributed by atoms with Gasteiger partial charge >= 0.3 is 5.97 Å². The molecule has 0 aromatic carbocycles. The SMILES string of the molecule is COC1(C)C[C@H](O[C@H]2[C@H](C)[C@@H](O[C@@H]3OC(C)CC(N(C)C)C3O)[C@]3(C)CC(C)=C(O3)[C@H](C)[C@H](/C(C)=N/O)OC(=O)[C@@H]2C)OC(C)[C@@H]1O. The fraction of sp³-hybridized carbons (Fsp3) is 0.882. The van der Waals surface area contributed by atoms with E-state index in [1.165, 1.54) is 7.11 Å². The monoisotopic (exact) mass is 670 g/mol. The number of fused-ring (bicyclic) bond motifs is 2. The molecule has 47 heavy (non-hydrogen) atoms. The van der Waals surface area contributed by atoms with Crippen molar-refractivity contribution in [3.8, 4) is 0 Å². The first-order valence-electron chi connectivity index (χ1n) is 16.8.